The molecule has 24 heavy (non-hydrogen) atoms. The van der Waals surface area contributed by atoms with Gasteiger partial charge in [-0.1, -0.05) is 18.0 Å². The molecule has 1 amide bonds. The smallest absolute Gasteiger partial charge is 0.307 e. The number of nitrogens with one attached hydrogen (secondary N) is 1. The monoisotopic (exact) mass is 367 g/mol. The number of benzene rings is 1. The minimum atomic E-state index is -0.539. The van der Waals surface area contributed by atoms with Gasteiger partial charge in [0.15, 0.2) is 0 Å². The SMILES string of the molecule is O=C1C[C@@H](C(=O)NCCSc2ccc(Cl)cc2)C2(CCCCC2)O1. The fraction of sp³-hybridized carbons (Fsp3) is 0.556. The lowest BCUT2D eigenvalue weighted by atomic mass is 9.75. The van der Waals surface area contributed by atoms with Gasteiger partial charge < -0.3 is 10.1 Å². The number of halogens is 1. The van der Waals surface area contributed by atoms with E-state index in [-0.39, 0.29) is 24.2 Å². The summed E-state index contributed by atoms with van der Waals surface area (Å²) in [5.41, 5.74) is -0.539. The van der Waals surface area contributed by atoms with Gasteiger partial charge in [-0.05, 0) is 49.9 Å². The number of thioether (sulfide) groups is 1. The molecule has 6 heteroatoms. The summed E-state index contributed by atoms with van der Waals surface area (Å²) < 4.78 is 5.59. The molecule has 1 aliphatic heterocycles. The van der Waals surface area contributed by atoms with Gasteiger partial charge in [-0.25, -0.2) is 0 Å². The Balaban J connectivity index is 1.49. The molecule has 1 N–H and O–H groups in total. The molecule has 130 valence electrons. The highest BCUT2D eigenvalue weighted by molar-refractivity contribution is 7.99. The Morgan fingerprint density at radius 1 is 1.25 bits per heavy atom. The van der Waals surface area contributed by atoms with Crippen molar-refractivity contribution in [1.29, 1.82) is 0 Å². The lowest BCUT2D eigenvalue weighted by Gasteiger charge is -2.36. The maximum Gasteiger partial charge on any atom is 0.307 e. The molecule has 0 radical (unpaired) electrons. The Morgan fingerprint density at radius 2 is 1.96 bits per heavy atom. The molecule has 0 unspecified atom stereocenters. The summed E-state index contributed by atoms with van der Waals surface area (Å²) in [7, 11) is 0. The van der Waals surface area contributed by atoms with Crippen LogP contribution in [0.5, 0.6) is 0 Å². The van der Waals surface area contributed by atoms with Gasteiger partial charge in [0.05, 0.1) is 12.3 Å². The van der Waals surface area contributed by atoms with E-state index in [0.717, 1.165) is 47.8 Å². The Labute approximate surface area is 151 Å². The van der Waals surface area contributed by atoms with Crippen LogP contribution >= 0.6 is 23.4 Å². The van der Waals surface area contributed by atoms with Gasteiger partial charge >= 0.3 is 5.97 Å². The summed E-state index contributed by atoms with van der Waals surface area (Å²) in [5, 5.41) is 3.70. The average Bonchev–Trinajstić information content (AvgIpc) is 2.89. The molecule has 1 aromatic rings. The summed E-state index contributed by atoms with van der Waals surface area (Å²) in [5.74, 6) is 0.180. The number of hydrogen-bond donors (Lipinski definition) is 1. The average molecular weight is 368 g/mol. The first-order chi connectivity index (χ1) is 11.6. The molecule has 1 aliphatic carbocycles. The van der Waals surface area contributed by atoms with Crippen molar-refractivity contribution in [2.75, 3.05) is 12.3 Å². The minimum Gasteiger partial charge on any atom is -0.458 e. The van der Waals surface area contributed by atoms with Crippen molar-refractivity contribution in [2.45, 2.75) is 49.0 Å². The van der Waals surface area contributed by atoms with Crippen molar-refractivity contribution in [3.63, 3.8) is 0 Å². The zero-order valence-corrected chi connectivity index (χ0v) is 15.1. The van der Waals surface area contributed by atoms with Crippen molar-refractivity contribution in [3.8, 4) is 0 Å². The molecule has 0 bridgehead atoms. The van der Waals surface area contributed by atoms with E-state index in [2.05, 4.69) is 5.32 Å². The van der Waals surface area contributed by atoms with Gasteiger partial charge in [-0.15, -0.1) is 11.8 Å². The quantitative estimate of drug-likeness (QED) is 0.488. The van der Waals surface area contributed by atoms with Gasteiger partial charge in [0.2, 0.25) is 5.91 Å². The number of hydrogen-bond acceptors (Lipinski definition) is 4. The van der Waals surface area contributed by atoms with Gasteiger partial charge in [0, 0.05) is 22.2 Å². The van der Waals surface area contributed by atoms with Crippen molar-refractivity contribution in [3.05, 3.63) is 29.3 Å². The molecule has 1 heterocycles. The zero-order chi connectivity index (χ0) is 17.0. The summed E-state index contributed by atoms with van der Waals surface area (Å²) in [6.45, 7) is 0.576. The first-order valence-electron chi connectivity index (χ1n) is 8.47. The van der Waals surface area contributed by atoms with E-state index >= 15 is 0 Å². The van der Waals surface area contributed by atoms with Crippen LogP contribution in [-0.4, -0.2) is 29.8 Å². The molecule has 2 aliphatic rings. The normalized spacial score (nSPS) is 22.4. The van der Waals surface area contributed by atoms with Gasteiger partial charge in [-0.3, -0.25) is 9.59 Å². The van der Waals surface area contributed by atoms with Crippen LogP contribution in [0, 0.1) is 5.92 Å². The maximum atomic E-state index is 12.6. The maximum absolute atomic E-state index is 12.6. The van der Waals surface area contributed by atoms with Crippen LogP contribution in [-0.2, 0) is 14.3 Å². The summed E-state index contributed by atoms with van der Waals surface area (Å²) in [6, 6.07) is 7.65. The second kappa shape index (κ2) is 7.79. The van der Waals surface area contributed by atoms with Crippen molar-refractivity contribution in [2.24, 2.45) is 5.92 Å². The molecule has 0 aromatic heterocycles. The first-order valence-corrected chi connectivity index (χ1v) is 9.83. The summed E-state index contributed by atoms with van der Waals surface area (Å²) in [4.78, 5) is 25.4. The summed E-state index contributed by atoms with van der Waals surface area (Å²) >= 11 is 7.53. The predicted octanol–water partition coefficient (Wildman–Crippen LogP) is 3.81. The molecular formula is C18H22ClNO3S. The first kappa shape index (κ1) is 17.6. The van der Waals surface area contributed by atoms with Crippen molar-refractivity contribution < 1.29 is 14.3 Å². The fourth-order valence-corrected chi connectivity index (χ4v) is 4.52. The van der Waals surface area contributed by atoms with Gasteiger partial charge in [0.25, 0.3) is 0 Å². The lowest BCUT2D eigenvalue weighted by molar-refractivity contribution is -0.153. The molecule has 2 fully saturated rings. The predicted molar refractivity (Wildman–Crippen MR) is 95.2 cm³/mol. The Morgan fingerprint density at radius 3 is 2.67 bits per heavy atom. The second-order valence-corrected chi connectivity index (χ2v) is 8.05. The van der Waals surface area contributed by atoms with E-state index in [0.29, 0.717) is 6.54 Å². The van der Waals surface area contributed by atoms with Crippen LogP contribution in [0.15, 0.2) is 29.2 Å². The highest BCUT2D eigenvalue weighted by atomic mass is 35.5. The van der Waals surface area contributed by atoms with E-state index in [4.69, 9.17) is 16.3 Å². The lowest BCUT2D eigenvalue weighted by Crippen LogP contribution is -2.46. The van der Waals surface area contributed by atoms with Crippen LogP contribution < -0.4 is 5.32 Å². The molecule has 1 spiro atoms. The van der Waals surface area contributed by atoms with Crippen LogP contribution in [0.3, 0.4) is 0 Å². The highest BCUT2D eigenvalue weighted by Gasteiger charge is 2.52. The third kappa shape index (κ3) is 4.06. The van der Waals surface area contributed by atoms with Crippen LogP contribution in [0.4, 0.5) is 0 Å². The largest absolute Gasteiger partial charge is 0.458 e. The van der Waals surface area contributed by atoms with Gasteiger partial charge in [-0.2, -0.15) is 0 Å². The highest BCUT2D eigenvalue weighted by Crippen LogP contribution is 2.44. The second-order valence-electron chi connectivity index (χ2n) is 6.45. The van der Waals surface area contributed by atoms with E-state index in [1.54, 1.807) is 11.8 Å². The Kier molecular flexibility index (Phi) is 5.72. The van der Waals surface area contributed by atoms with E-state index in [1.165, 1.54) is 0 Å². The number of amides is 1. The van der Waals surface area contributed by atoms with Gasteiger partial charge in [0.1, 0.15) is 5.60 Å². The third-order valence-corrected chi connectivity index (χ3v) is 6.09. The summed E-state index contributed by atoms with van der Waals surface area (Å²) in [6.07, 6.45) is 5.07. The minimum absolute atomic E-state index is 0.0422. The van der Waals surface area contributed by atoms with E-state index in [9.17, 15) is 9.59 Å². The number of carbonyl (C=O) groups excluding carboxylic acids is 2. The van der Waals surface area contributed by atoms with Crippen LogP contribution in [0.25, 0.3) is 0 Å². The molecule has 1 saturated heterocycles. The Bertz CT molecular complexity index is 599. The third-order valence-electron chi connectivity index (χ3n) is 4.82. The van der Waals surface area contributed by atoms with E-state index < -0.39 is 5.60 Å². The Hall–Kier alpha value is -1.20. The topological polar surface area (TPSA) is 55.4 Å². The number of esters is 1. The van der Waals surface area contributed by atoms with Crippen molar-refractivity contribution >= 4 is 35.2 Å². The molecule has 3 rings (SSSR count). The number of rotatable bonds is 5. The molecule has 1 atom stereocenters. The molecule has 4 nitrogen and oxygen atoms in total. The van der Waals surface area contributed by atoms with E-state index in [1.807, 2.05) is 24.3 Å². The standard InChI is InChI=1S/C18H22ClNO3S/c19-13-4-6-14(7-5-13)24-11-10-20-17(22)15-12-16(21)23-18(15)8-2-1-3-9-18/h4-7,15H,1-3,8-12H2,(H,20,22)/t15-/m0/s1. The molecule has 1 saturated carbocycles. The molecule has 1 aromatic carbocycles. The zero-order valence-electron chi connectivity index (χ0n) is 13.6. The van der Waals surface area contributed by atoms with Crippen molar-refractivity contribution in [1.82, 2.24) is 5.32 Å². The fourth-order valence-electron chi connectivity index (χ4n) is 3.62. The van der Waals surface area contributed by atoms with Crippen LogP contribution in [0.2, 0.25) is 5.02 Å². The molecular weight excluding hydrogens is 346 g/mol. The van der Waals surface area contributed by atoms with Crippen LogP contribution in [0.1, 0.15) is 38.5 Å². The number of carbonyl (C=O) groups is 2. The number of ether oxygens (including phenoxy) is 1.